The van der Waals surface area contributed by atoms with Crippen LogP contribution in [0.25, 0.3) is 82.1 Å². The van der Waals surface area contributed by atoms with Crippen molar-refractivity contribution in [2.75, 3.05) is 4.90 Å². The average molecular weight is 897 g/mol. The Morgan fingerprint density at radius 3 is 1.90 bits per heavy atom. The van der Waals surface area contributed by atoms with E-state index < -0.39 is 13.5 Å². The molecule has 0 amide bonds. The van der Waals surface area contributed by atoms with E-state index in [9.17, 15) is 0 Å². The van der Waals surface area contributed by atoms with E-state index in [4.69, 9.17) is 4.42 Å². The standard InChI is InChI=1S/C65H44N2OSi/c1-69(2)62-31-12-9-26-54(62)65(53-25-8-5-21-47(53)51-24-13-18-42-19-14-27-56(65)64(42)51)55-36-33-45(40-63(55)69)66(44-32-35-50-49-23-7-11-30-60(49)68-61(50)39-44)43-34-37-59-52(38-43)48-22-6-10-28-58(48)67(59)57-29-15-17-41-16-3-4-20-46(41)57/h3-40H,1-2H3. The fourth-order valence-corrected chi connectivity index (χ4v) is 16.1. The van der Waals surface area contributed by atoms with Crippen molar-refractivity contribution in [3.63, 3.8) is 0 Å². The Morgan fingerprint density at radius 1 is 0.391 bits per heavy atom. The molecule has 13 aromatic rings. The molecule has 0 saturated carbocycles. The molecule has 324 valence electrons. The van der Waals surface area contributed by atoms with E-state index >= 15 is 0 Å². The maximum atomic E-state index is 6.63. The van der Waals surface area contributed by atoms with Crippen LogP contribution >= 0.6 is 0 Å². The van der Waals surface area contributed by atoms with Crippen LogP contribution in [-0.2, 0) is 5.41 Å². The number of anilines is 3. The van der Waals surface area contributed by atoms with Gasteiger partial charge in [0.2, 0.25) is 0 Å². The number of para-hydroxylation sites is 2. The molecule has 1 aliphatic carbocycles. The van der Waals surface area contributed by atoms with E-state index in [2.05, 4.69) is 253 Å². The number of fused-ring (bicyclic) bond motifs is 15. The zero-order valence-corrected chi connectivity index (χ0v) is 39.2. The Kier molecular flexibility index (Phi) is 7.87. The summed E-state index contributed by atoms with van der Waals surface area (Å²) in [6, 6.07) is 86.3. The van der Waals surface area contributed by atoms with Crippen LogP contribution in [0.5, 0.6) is 0 Å². The first-order chi connectivity index (χ1) is 34.0. The highest BCUT2D eigenvalue weighted by Crippen LogP contribution is 2.56. The van der Waals surface area contributed by atoms with Crippen LogP contribution in [0.1, 0.15) is 22.3 Å². The Bertz CT molecular complexity index is 4320. The predicted molar refractivity (Wildman–Crippen MR) is 292 cm³/mol. The average Bonchev–Trinajstić information content (AvgIpc) is 3.94. The van der Waals surface area contributed by atoms with Gasteiger partial charge in [0.05, 0.1) is 22.1 Å². The van der Waals surface area contributed by atoms with Crippen LogP contribution in [0.4, 0.5) is 17.1 Å². The first kappa shape index (κ1) is 38.6. The molecule has 0 N–H and O–H groups in total. The highest BCUT2D eigenvalue weighted by Gasteiger charge is 2.52. The molecule has 0 bridgehead atoms. The number of benzene rings is 11. The second kappa shape index (κ2) is 14.1. The van der Waals surface area contributed by atoms with Gasteiger partial charge in [0, 0.05) is 50.1 Å². The van der Waals surface area contributed by atoms with Crippen molar-refractivity contribution >= 4 is 101 Å². The van der Waals surface area contributed by atoms with Crippen LogP contribution in [0, 0.1) is 0 Å². The fraction of sp³-hybridized carbons (Fsp3) is 0.0462. The third-order valence-electron chi connectivity index (χ3n) is 15.8. The van der Waals surface area contributed by atoms with E-state index in [1.165, 1.54) is 92.8 Å². The first-order valence-electron chi connectivity index (χ1n) is 24.1. The van der Waals surface area contributed by atoms with Gasteiger partial charge in [-0.15, -0.1) is 0 Å². The second-order valence-corrected chi connectivity index (χ2v) is 23.9. The molecule has 1 atom stereocenters. The number of aromatic nitrogens is 1. The van der Waals surface area contributed by atoms with E-state index in [1.54, 1.807) is 0 Å². The van der Waals surface area contributed by atoms with Crippen molar-refractivity contribution in [3.05, 3.63) is 253 Å². The number of hydrogen-bond acceptors (Lipinski definition) is 2. The van der Waals surface area contributed by atoms with Crippen LogP contribution < -0.4 is 15.3 Å². The van der Waals surface area contributed by atoms with E-state index in [-0.39, 0.29) is 0 Å². The van der Waals surface area contributed by atoms with Gasteiger partial charge >= 0.3 is 0 Å². The van der Waals surface area contributed by atoms with Gasteiger partial charge in [-0.1, -0.05) is 177 Å². The third-order valence-corrected chi connectivity index (χ3v) is 19.4. The van der Waals surface area contributed by atoms with Gasteiger partial charge in [-0.05, 0) is 121 Å². The predicted octanol–water partition coefficient (Wildman–Crippen LogP) is 16.0. The summed E-state index contributed by atoms with van der Waals surface area (Å²) in [4.78, 5) is 2.47. The summed E-state index contributed by atoms with van der Waals surface area (Å²) >= 11 is 0. The number of rotatable bonds is 4. The van der Waals surface area contributed by atoms with Gasteiger partial charge in [0.1, 0.15) is 19.2 Å². The molecule has 1 spiro atoms. The Morgan fingerprint density at radius 2 is 0.986 bits per heavy atom. The fourth-order valence-electron chi connectivity index (χ4n) is 12.9. The minimum Gasteiger partial charge on any atom is -0.456 e. The zero-order valence-electron chi connectivity index (χ0n) is 38.2. The van der Waals surface area contributed by atoms with Crippen molar-refractivity contribution in [1.29, 1.82) is 0 Å². The zero-order chi connectivity index (χ0) is 45.6. The molecular weight excluding hydrogens is 853 g/mol. The smallest absolute Gasteiger partial charge is 0.137 e. The molecule has 4 heteroatoms. The monoisotopic (exact) mass is 896 g/mol. The van der Waals surface area contributed by atoms with E-state index in [0.717, 1.165) is 39.0 Å². The lowest BCUT2D eigenvalue weighted by atomic mass is 9.59. The quantitative estimate of drug-likeness (QED) is 0.164. The van der Waals surface area contributed by atoms with Crippen LogP contribution in [0.2, 0.25) is 13.1 Å². The topological polar surface area (TPSA) is 21.3 Å². The lowest BCUT2D eigenvalue weighted by molar-refractivity contribution is 0.669. The molecule has 2 aliphatic rings. The van der Waals surface area contributed by atoms with Gasteiger partial charge in [-0.3, -0.25) is 0 Å². The minimum atomic E-state index is -2.37. The molecule has 69 heavy (non-hydrogen) atoms. The van der Waals surface area contributed by atoms with E-state index in [0.29, 0.717) is 0 Å². The first-order valence-corrected chi connectivity index (χ1v) is 27.1. The van der Waals surface area contributed by atoms with Crippen molar-refractivity contribution in [1.82, 2.24) is 4.57 Å². The maximum absolute atomic E-state index is 6.63. The molecule has 1 aliphatic heterocycles. The molecular formula is C65H44N2OSi. The van der Waals surface area contributed by atoms with Gasteiger partial charge in [0.25, 0.3) is 0 Å². The highest BCUT2D eigenvalue weighted by atomic mass is 28.3. The molecule has 11 aromatic carbocycles. The highest BCUT2D eigenvalue weighted by molar-refractivity contribution is 7.01. The minimum absolute atomic E-state index is 0.516. The molecule has 3 nitrogen and oxygen atoms in total. The van der Waals surface area contributed by atoms with Crippen molar-refractivity contribution < 1.29 is 4.42 Å². The Balaban J connectivity index is 1.01. The maximum Gasteiger partial charge on any atom is 0.137 e. The van der Waals surface area contributed by atoms with E-state index in [1.807, 2.05) is 0 Å². The third kappa shape index (κ3) is 5.16. The Labute approximate surface area is 400 Å². The summed E-state index contributed by atoms with van der Waals surface area (Å²) < 4.78 is 9.09. The summed E-state index contributed by atoms with van der Waals surface area (Å²) in [5, 5.41) is 12.7. The molecule has 1 unspecified atom stereocenters. The SMILES string of the molecule is C[Si]1(C)c2ccccc2C2(c3ccccc3-c3cccc4cccc2c34)c2ccc(N(c3ccc4c(c3)oc3ccccc34)c3ccc4c(c3)c3ccccc3n4-c3cccc4ccccc34)cc21. The number of hydrogen-bond donors (Lipinski definition) is 0. The summed E-state index contributed by atoms with van der Waals surface area (Å²) in [5.41, 5.74) is 16.2. The van der Waals surface area contributed by atoms with Gasteiger partial charge in [-0.25, -0.2) is 0 Å². The lowest BCUT2D eigenvalue weighted by Crippen LogP contribution is -2.63. The molecule has 2 aromatic heterocycles. The largest absolute Gasteiger partial charge is 0.456 e. The Hall–Kier alpha value is -8.44. The number of furan rings is 1. The summed E-state index contributed by atoms with van der Waals surface area (Å²) in [7, 11) is -2.37. The lowest BCUT2D eigenvalue weighted by Gasteiger charge is -2.50. The number of nitrogens with zero attached hydrogens (tertiary/aromatic N) is 2. The van der Waals surface area contributed by atoms with Crippen LogP contribution in [0.3, 0.4) is 0 Å². The molecule has 0 saturated heterocycles. The van der Waals surface area contributed by atoms with Crippen LogP contribution in [-0.4, -0.2) is 12.6 Å². The summed E-state index contributed by atoms with van der Waals surface area (Å²) in [6.45, 7) is 5.12. The molecule has 0 fully saturated rings. The summed E-state index contributed by atoms with van der Waals surface area (Å²) in [5.74, 6) is 0. The van der Waals surface area contributed by atoms with Gasteiger partial charge in [-0.2, -0.15) is 0 Å². The normalized spacial score (nSPS) is 15.6. The van der Waals surface area contributed by atoms with Crippen LogP contribution in [0.15, 0.2) is 235 Å². The van der Waals surface area contributed by atoms with Crippen molar-refractivity contribution in [2.45, 2.75) is 18.5 Å². The summed E-state index contributed by atoms with van der Waals surface area (Å²) in [6.07, 6.45) is 0. The second-order valence-electron chi connectivity index (χ2n) is 19.6. The van der Waals surface area contributed by atoms with Gasteiger partial charge < -0.3 is 13.9 Å². The molecule has 0 radical (unpaired) electrons. The van der Waals surface area contributed by atoms with Gasteiger partial charge in [0.15, 0.2) is 0 Å². The molecule has 3 heterocycles. The molecule has 15 rings (SSSR count). The van der Waals surface area contributed by atoms with Crippen molar-refractivity contribution in [2.24, 2.45) is 0 Å². The van der Waals surface area contributed by atoms with Crippen molar-refractivity contribution in [3.8, 4) is 16.8 Å².